The van der Waals surface area contributed by atoms with Gasteiger partial charge in [-0.15, -0.1) is 0 Å². The van der Waals surface area contributed by atoms with Crippen molar-refractivity contribution in [2.24, 2.45) is 0 Å². The van der Waals surface area contributed by atoms with E-state index in [1.54, 1.807) is 0 Å². The van der Waals surface area contributed by atoms with Crippen molar-refractivity contribution in [3.8, 4) is 0 Å². The normalized spacial score (nSPS) is 12.6. The minimum absolute atomic E-state index is 0.776. The van der Waals surface area contributed by atoms with Crippen LogP contribution in [0.2, 0.25) is 12.1 Å². The van der Waals surface area contributed by atoms with Crippen LogP contribution in [-0.4, -0.2) is 95.4 Å². The van der Waals surface area contributed by atoms with E-state index in [4.69, 9.17) is 8.85 Å². The Morgan fingerprint density at radius 2 is 0.935 bits per heavy atom. The highest BCUT2D eigenvalue weighted by atomic mass is 28.4. The molecule has 0 aliphatic heterocycles. The first-order valence-electron chi connectivity index (χ1n) is 13.5. The van der Waals surface area contributed by atoms with E-state index < -0.39 is 8.56 Å². The number of hydrogen-bond donors (Lipinski definition) is 0. The second-order valence-electron chi connectivity index (χ2n) is 8.65. The predicted octanol–water partition coefficient (Wildman–Crippen LogP) is 5.46. The van der Waals surface area contributed by atoms with E-state index in [0.29, 0.717) is 0 Å². The Labute approximate surface area is 197 Å². The summed E-state index contributed by atoms with van der Waals surface area (Å²) in [6, 6.07) is 2.18. The highest BCUT2D eigenvalue weighted by molar-refractivity contribution is 6.67. The van der Waals surface area contributed by atoms with Gasteiger partial charge in [-0.3, -0.25) is 0 Å². The van der Waals surface area contributed by atoms with Crippen LogP contribution in [0.15, 0.2) is 0 Å². The molecular formula is C25H57N3O2Si. The molecule has 0 unspecified atom stereocenters. The van der Waals surface area contributed by atoms with Gasteiger partial charge >= 0.3 is 8.56 Å². The van der Waals surface area contributed by atoms with E-state index in [1.165, 1.54) is 91.0 Å². The third kappa shape index (κ3) is 14.7. The summed E-state index contributed by atoms with van der Waals surface area (Å²) in [4.78, 5) is 7.90. The van der Waals surface area contributed by atoms with Crippen LogP contribution in [0.4, 0.5) is 0 Å². The second kappa shape index (κ2) is 20.6. The lowest BCUT2D eigenvalue weighted by Crippen LogP contribution is -2.42. The summed E-state index contributed by atoms with van der Waals surface area (Å²) >= 11 is 0. The van der Waals surface area contributed by atoms with Crippen molar-refractivity contribution in [1.82, 2.24) is 14.7 Å². The first-order chi connectivity index (χ1) is 15.0. The van der Waals surface area contributed by atoms with E-state index in [2.05, 4.69) is 63.2 Å². The van der Waals surface area contributed by atoms with Crippen LogP contribution < -0.4 is 0 Å². The summed E-state index contributed by atoms with van der Waals surface area (Å²) in [5, 5.41) is 0. The topological polar surface area (TPSA) is 28.2 Å². The molecule has 0 radical (unpaired) electrons. The zero-order valence-electron chi connectivity index (χ0n) is 22.4. The smallest absolute Gasteiger partial charge is 0.337 e. The van der Waals surface area contributed by atoms with E-state index in [0.717, 1.165) is 25.3 Å². The van der Waals surface area contributed by atoms with Crippen LogP contribution in [-0.2, 0) is 8.85 Å². The number of hydrogen-bond acceptors (Lipinski definition) is 5. The quantitative estimate of drug-likeness (QED) is 0.189. The average Bonchev–Trinajstić information content (AvgIpc) is 2.77. The first kappa shape index (κ1) is 31.0. The summed E-state index contributed by atoms with van der Waals surface area (Å²) in [6.45, 7) is 28.0. The van der Waals surface area contributed by atoms with Gasteiger partial charge in [0.05, 0.1) is 0 Å². The Morgan fingerprint density at radius 1 is 0.516 bits per heavy atom. The Morgan fingerprint density at radius 3 is 1.29 bits per heavy atom. The monoisotopic (exact) mass is 459 g/mol. The van der Waals surface area contributed by atoms with Gasteiger partial charge in [0.15, 0.2) is 0 Å². The molecule has 0 rings (SSSR count). The van der Waals surface area contributed by atoms with Crippen molar-refractivity contribution in [2.75, 3.05) is 72.1 Å². The van der Waals surface area contributed by atoms with Crippen LogP contribution in [0.5, 0.6) is 0 Å². The minimum atomic E-state index is -2.01. The maximum atomic E-state index is 6.19. The molecule has 0 N–H and O–H groups in total. The molecule has 31 heavy (non-hydrogen) atoms. The fourth-order valence-corrected chi connectivity index (χ4v) is 7.41. The Balaban J connectivity index is 4.72. The largest absolute Gasteiger partial charge is 0.394 e. The average molecular weight is 460 g/mol. The molecule has 6 heteroatoms. The molecule has 0 spiro atoms. The van der Waals surface area contributed by atoms with E-state index in [-0.39, 0.29) is 0 Å². The Hall–Kier alpha value is 0.0169. The zero-order valence-corrected chi connectivity index (χ0v) is 23.4. The van der Waals surface area contributed by atoms with Crippen molar-refractivity contribution in [2.45, 2.75) is 92.7 Å². The molecule has 0 aromatic heterocycles. The summed E-state index contributed by atoms with van der Waals surface area (Å²) < 4.78 is 12.4. The van der Waals surface area contributed by atoms with Gasteiger partial charge in [0.1, 0.15) is 0 Å². The lowest BCUT2D eigenvalue weighted by atomic mass is 10.2. The van der Waals surface area contributed by atoms with Crippen molar-refractivity contribution in [3.05, 3.63) is 0 Å². The summed E-state index contributed by atoms with van der Waals surface area (Å²) in [6.07, 6.45) is 6.24. The molecule has 0 aromatic carbocycles. The Bertz CT molecular complexity index is 362. The van der Waals surface area contributed by atoms with Crippen LogP contribution in [0.1, 0.15) is 80.6 Å². The SMILES string of the molecule is CCCN(CC)CCCN(CCCN(CC)CCC)CCC[Si](CC)(OCC)OCC. The van der Waals surface area contributed by atoms with Crippen molar-refractivity contribution in [1.29, 1.82) is 0 Å². The summed E-state index contributed by atoms with van der Waals surface area (Å²) in [7, 11) is -2.01. The standard InChI is InChI=1S/C25H57N3O2Si/c1-8-18-26(10-3)20-15-22-28(23-16-21-27(11-4)19-9-2)24-17-25-31(14-7,29-12-5)30-13-6/h8-25H2,1-7H3. The molecule has 0 saturated carbocycles. The van der Waals surface area contributed by atoms with Gasteiger partial charge in [-0.2, -0.15) is 0 Å². The summed E-state index contributed by atoms with van der Waals surface area (Å²) in [5.74, 6) is 0. The molecule has 0 fully saturated rings. The van der Waals surface area contributed by atoms with Crippen LogP contribution in [0.3, 0.4) is 0 Å². The molecule has 188 valence electrons. The second-order valence-corrected chi connectivity index (χ2v) is 12.3. The molecule has 0 aromatic rings. The number of rotatable bonds is 23. The lowest BCUT2D eigenvalue weighted by molar-refractivity contribution is 0.178. The molecule has 0 atom stereocenters. The van der Waals surface area contributed by atoms with E-state index in [1.807, 2.05) is 0 Å². The first-order valence-corrected chi connectivity index (χ1v) is 15.7. The molecule has 0 aliphatic rings. The fourth-order valence-electron chi connectivity index (χ4n) is 4.52. The maximum absolute atomic E-state index is 6.19. The minimum Gasteiger partial charge on any atom is -0.394 e. The van der Waals surface area contributed by atoms with E-state index in [9.17, 15) is 0 Å². The van der Waals surface area contributed by atoms with Gasteiger partial charge in [-0.05, 0) is 117 Å². The van der Waals surface area contributed by atoms with Gasteiger partial charge < -0.3 is 23.6 Å². The highest BCUT2D eigenvalue weighted by Crippen LogP contribution is 2.21. The van der Waals surface area contributed by atoms with Gasteiger partial charge in [0, 0.05) is 13.2 Å². The van der Waals surface area contributed by atoms with Crippen LogP contribution in [0.25, 0.3) is 0 Å². The third-order valence-corrected chi connectivity index (χ3v) is 10.1. The third-order valence-electron chi connectivity index (χ3n) is 6.26. The molecule has 0 aliphatic carbocycles. The molecule has 0 saturated heterocycles. The summed E-state index contributed by atoms with van der Waals surface area (Å²) in [5.41, 5.74) is 0. The van der Waals surface area contributed by atoms with E-state index >= 15 is 0 Å². The van der Waals surface area contributed by atoms with Gasteiger partial charge in [0.2, 0.25) is 0 Å². The zero-order chi connectivity index (χ0) is 23.4. The lowest BCUT2D eigenvalue weighted by Gasteiger charge is -2.31. The van der Waals surface area contributed by atoms with Crippen molar-refractivity contribution in [3.63, 3.8) is 0 Å². The Kier molecular flexibility index (Phi) is 20.6. The molecule has 5 nitrogen and oxygen atoms in total. The highest BCUT2D eigenvalue weighted by Gasteiger charge is 2.34. The maximum Gasteiger partial charge on any atom is 0.337 e. The molecule has 0 heterocycles. The van der Waals surface area contributed by atoms with Crippen molar-refractivity contribution < 1.29 is 8.85 Å². The molecule has 0 bridgehead atoms. The van der Waals surface area contributed by atoms with Crippen LogP contribution >= 0.6 is 0 Å². The van der Waals surface area contributed by atoms with Crippen molar-refractivity contribution >= 4 is 8.56 Å². The number of nitrogens with zero attached hydrogens (tertiary/aromatic N) is 3. The predicted molar refractivity (Wildman–Crippen MR) is 139 cm³/mol. The molecule has 0 amide bonds. The van der Waals surface area contributed by atoms with Gasteiger partial charge in [-0.25, -0.2) is 0 Å². The fraction of sp³-hybridized carbons (Fsp3) is 1.00. The molecular weight excluding hydrogens is 402 g/mol. The van der Waals surface area contributed by atoms with Crippen LogP contribution in [0, 0.1) is 0 Å². The van der Waals surface area contributed by atoms with Gasteiger partial charge in [-0.1, -0.05) is 34.6 Å². The van der Waals surface area contributed by atoms with Gasteiger partial charge in [0.25, 0.3) is 0 Å².